The predicted molar refractivity (Wildman–Crippen MR) is 101 cm³/mol. The molecule has 0 fully saturated rings. The minimum absolute atomic E-state index is 0.153. The van der Waals surface area contributed by atoms with Crippen molar-refractivity contribution in [3.05, 3.63) is 60.7 Å². The Morgan fingerprint density at radius 1 is 1.25 bits per heavy atom. The Hall–Kier alpha value is -2.16. The number of carbonyl (C=O) groups excluding carboxylic acids is 1. The van der Waals surface area contributed by atoms with Gasteiger partial charge in [-0.3, -0.25) is 14.9 Å². The number of carbonyl (C=O) groups is 1. The highest BCUT2D eigenvalue weighted by atomic mass is 127. The van der Waals surface area contributed by atoms with Gasteiger partial charge in [0.25, 0.3) is 5.91 Å². The fourth-order valence-corrected chi connectivity index (χ4v) is 2.81. The van der Waals surface area contributed by atoms with Gasteiger partial charge >= 0.3 is 5.69 Å². The molecule has 126 valence electrons. The molecular weight excluding hydrogens is 423 g/mol. The Bertz CT molecular complexity index is 805. The number of amides is 1. The lowest BCUT2D eigenvalue weighted by molar-refractivity contribution is -0.385. The van der Waals surface area contributed by atoms with E-state index >= 15 is 0 Å². The number of hydrogen-bond acceptors (Lipinski definition) is 4. The van der Waals surface area contributed by atoms with Crippen molar-refractivity contribution in [1.29, 1.82) is 0 Å². The molecule has 0 unspecified atom stereocenters. The highest BCUT2D eigenvalue weighted by Crippen LogP contribution is 2.29. The smallest absolute Gasteiger partial charge is 0.311 e. The molecule has 2 aromatic carbocycles. The first-order valence-electron chi connectivity index (χ1n) is 7.32. The van der Waals surface area contributed by atoms with Crippen LogP contribution in [0.15, 0.2) is 30.3 Å². The predicted octanol–water partition coefficient (Wildman–Crippen LogP) is 4.47. The van der Waals surface area contributed by atoms with Crippen molar-refractivity contribution in [2.75, 3.05) is 11.9 Å². The maximum Gasteiger partial charge on any atom is 0.311 e. The molecule has 6 nitrogen and oxygen atoms in total. The van der Waals surface area contributed by atoms with E-state index in [1.54, 1.807) is 6.92 Å². The number of nitrogens with zero attached hydrogens (tertiary/aromatic N) is 1. The molecule has 0 aliphatic heterocycles. The number of halogens is 1. The Morgan fingerprint density at radius 2 is 1.96 bits per heavy atom. The quantitative estimate of drug-likeness (QED) is 0.423. The molecule has 1 N–H and O–H groups in total. The van der Waals surface area contributed by atoms with Gasteiger partial charge in [0, 0.05) is 20.9 Å². The number of ether oxygens (including phenoxy) is 1. The van der Waals surface area contributed by atoms with Crippen LogP contribution in [-0.4, -0.2) is 17.4 Å². The van der Waals surface area contributed by atoms with Gasteiger partial charge in [-0.05, 0) is 78.8 Å². The number of nitro groups is 1. The largest absolute Gasteiger partial charge is 0.487 e. The fraction of sp³-hybridized carbons (Fsp3) is 0.235. The van der Waals surface area contributed by atoms with Crippen LogP contribution in [-0.2, 0) is 0 Å². The maximum atomic E-state index is 12.4. The molecule has 24 heavy (non-hydrogen) atoms. The first-order valence-corrected chi connectivity index (χ1v) is 8.40. The second-order valence-corrected chi connectivity index (χ2v) is 6.41. The number of anilines is 1. The average Bonchev–Trinajstić information content (AvgIpc) is 2.53. The molecule has 2 aromatic rings. The highest BCUT2D eigenvalue weighted by molar-refractivity contribution is 14.1. The van der Waals surface area contributed by atoms with Gasteiger partial charge in [-0.1, -0.05) is 0 Å². The van der Waals surface area contributed by atoms with E-state index in [2.05, 4.69) is 27.9 Å². The van der Waals surface area contributed by atoms with E-state index in [0.29, 0.717) is 12.3 Å². The highest BCUT2D eigenvalue weighted by Gasteiger charge is 2.19. The van der Waals surface area contributed by atoms with E-state index < -0.39 is 10.8 Å². The summed E-state index contributed by atoms with van der Waals surface area (Å²) < 4.78 is 6.34. The van der Waals surface area contributed by atoms with Crippen LogP contribution >= 0.6 is 22.6 Å². The molecule has 0 aliphatic rings. The average molecular weight is 440 g/mol. The standard InChI is InChI=1S/C17H17IN2O4/c1-4-24-16-6-5-12(9-15(16)20(22)23)17(21)19-14-8-10(2)13(18)7-11(14)3/h5-9H,4H2,1-3H3,(H,19,21). The van der Waals surface area contributed by atoms with Gasteiger partial charge in [0.15, 0.2) is 5.75 Å². The summed E-state index contributed by atoms with van der Waals surface area (Å²) in [5, 5.41) is 14.0. The van der Waals surface area contributed by atoms with Gasteiger partial charge in [0.1, 0.15) is 0 Å². The fourth-order valence-electron chi connectivity index (χ4n) is 2.19. The Labute approximate surface area is 153 Å². The summed E-state index contributed by atoms with van der Waals surface area (Å²) in [4.78, 5) is 23.0. The van der Waals surface area contributed by atoms with Crippen molar-refractivity contribution in [3.8, 4) is 5.75 Å². The summed E-state index contributed by atoms with van der Waals surface area (Å²) in [5.74, 6) is -0.245. The third kappa shape index (κ3) is 4.02. The molecule has 2 rings (SSSR count). The number of rotatable bonds is 5. The minimum Gasteiger partial charge on any atom is -0.487 e. The second-order valence-electron chi connectivity index (χ2n) is 5.24. The van der Waals surface area contributed by atoms with E-state index in [4.69, 9.17) is 4.74 Å². The molecule has 0 bridgehead atoms. The van der Waals surface area contributed by atoms with Crippen LogP contribution in [0.5, 0.6) is 5.75 Å². The lowest BCUT2D eigenvalue weighted by Gasteiger charge is -2.11. The monoisotopic (exact) mass is 440 g/mol. The van der Waals surface area contributed by atoms with Gasteiger partial charge in [-0.15, -0.1) is 0 Å². The van der Waals surface area contributed by atoms with Crippen LogP contribution in [0.1, 0.15) is 28.4 Å². The Kier molecular flexibility index (Phi) is 5.76. The molecule has 0 radical (unpaired) electrons. The number of hydrogen-bond donors (Lipinski definition) is 1. The van der Waals surface area contributed by atoms with E-state index in [1.807, 2.05) is 26.0 Å². The zero-order chi connectivity index (χ0) is 17.9. The first kappa shape index (κ1) is 18.2. The summed E-state index contributed by atoms with van der Waals surface area (Å²) in [6.07, 6.45) is 0. The Balaban J connectivity index is 2.32. The molecule has 0 heterocycles. The van der Waals surface area contributed by atoms with Crippen LogP contribution in [0, 0.1) is 27.5 Å². The first-order chi connectivity index (χ1) is 11.3. The van der Waals surface area contributed by atoms with E-state index in [0.717, 1.165) is 14.7 Å². The SMILES string of the molecule is CCOc1ccc(C(=O)Nc2cc(C)c(I)cc2C)cc1[N+](=O)[O-]. The topological polar surface area (TPSA) is 81.5 Å². The van der Waals surface area contributed by atoms with Crippen molar-refractivity contribution < 1.29 is 14.5 Å². The van der Waals surface area contributed by atoms with Crippen LogP contribution in [0.3, 0.4) is 0 Å². The summed E-state index contributed by atoms with van der Waals surface area (Å²) in [6.45, 7) is 5.91. The number of aryl methyl sites for hydroxylation is 2. The third-order valence-electron chi connectivity index (χ3n) is 3.47. The molecular formula is C17H17IN2O4. The number of nitrogens with one attached hydrogen (secondary N) is 1. The van der Waals surface area contributed by atoms with Gasteiger partial charge in [0.2, 0.25) is 0 Å². The molecule has 0 spiro atoms. The van der Waals surface area contributed by atoms with Gasteiger partial charge < -0.3 is 10.1 Å². The van der Waals surface area contributed by atoms with Crippen LogP contribution in [0.4, 0.5) is 11.4 Å². The van der Waals surface area contributed by atoms with Crippen molar-refractivity contribution in [2.24, 2.45) is 0 Å². The number of benzene rings is 2. The molecule has 0 saturated heterocycles. The summed E-state index contributed by atoms with van der Waals surface area (Å²) in [7, 11) is 0. The summed E-state index contributed by atoms with van der Waals surface area (Å²) in [5.41, 5.74) is 2.66. The van der Waals surface area contributed by atoms with Gasteiger partial charge in [-0.2, -0.15) is 0 Å². The summed E-state index contributed by atoms with van der Waals surface area (Å²) in [6, 6.07) is 8.06. The van der Waals surface area contributed by atoms with Crippen molar-refractivity contribution in [1.82, 2.24) is 0 Å². The lowest BCUT2D eigenvalue weighted by atomic mass is 10.1. The van der Waals surface area contributed by atoms with Crippen LogP contribution in [0.2, 0.25) is 0 Å². The molecule has 7 heteroatoms. The summed E-state index contributed by atoms with van der Waals surface area (Å²) >= 11 is 2.23. The van der Waals surface area contributed by atoms with E-state index in [1.165, 1.54) is 18.2 Å². The van der Waals surface area contributed by atoms with Crippen molar-refractivity contribution in [3.63, 3.8) is 0 Å². The van der Waals surface area contributed by atoms with E-state index in [9.17, 15) is 14.9 Å². The van der Waals surface area contributed by atoms with Crippen molar-refractivity contribution >= 4 is 39.9 Å². The molecule has 1 amide bonds. The molecule has 0 aliphatic carbocycles. The third-order valence-corrected chi connectivity index (χ3v) is 4.63. The second kappa shape index (κ2) is 7.61. The van der Waals surface area contributed by atoms with Crippen LogP contribution in [0.25, 0.3) is 0 Å². The van der Waals surface area contributed by atoms with Crippen LogP contribution < -0.4 is 10.1 Å². The van der Waals surface area contributed by atoms with Gasteiger partial charge in [-0.25, -0.2) is 0 Å². The van der Waals surface area contributed by atoms with E-state index in [-0.39, 0.29) is 17.0 Å². The molecule has 0 aromatic heterocycles. The van der Waals surface area contributed by atoms with Gasteiger partial charge in [0.05, 0.1) is 11.5 Å². The van der Waals surface area contributed by atoms with Crippen molar-refractivity contribution in [2.45, 2.75) is 20.8 Å². The lowest BCUT2D eigenvalue weighted by Crippen LogP contribution is -2.13. The number of nitro benzene ring substituents is 1. The zero-order valence-electron chi connectivity index (χ0n) is 13.6. The Morgan fingerprint density at radius 3 is 2.58 bits per heavy atom. The molecule has 0 saturated carbocycles. The minimum atomic E-state index is -0.554. The maximum absolute atomic E-state index is 12.4. The zero-order valence-corrected chi connectivity index (χ0v) is 15.7. The normalized spacial score (nSPS) is 10.3. The molecule has 0 atom stereocenters.